The molecule has 4 nitrogen and oxygen atoms in total. The Labute approximate surface area is 157 Å². The first kappa shape index (κ1) is 22.9. The summed E-state index contributed by atoms with van der Waals surface area (Å²) in [4.78, 5) is 13.8. The van der Waals surface area contributed by atoms with Crippen LogP contribution in [0.2, 0.25) is 36.3 Å². The van der Waals surface area contributed by atoms with Crippen molar-refractivity contribution >= 4 is 22.5 Å². The number of nitrogens with zero attached hydrogens (tertiary/aromatic N) is 1. The molecule has 148 valence electrons. The summed E-state index contributed by atoms with van der Waals surface area (Å²) < 4.78 is 13.2. The van der Waals surface area contributed by atoms with Crippen molar-refractivity contribution in [3.8, 4) is 0 Å². The van der Waals surface area contributed by atoms with Crippen molar-refractivity contribution in [2.45, 2.75) is 90.8 Å². The van der Waals surface area contributed by atoms with Crippen molar-refractivity contribution in [2.24, 2.45) is 5.92 Å². The second kappa shape index (κ2) is 7.45. The van der Waals surface area contributed by atoms with Crippen molar-refractivity contribution in [1.29, 1.82) is 0 Å². The van der Waals surface area contributed by atoms with Crippen LogP contribution in [0.25, 0.3) is 0 Å². The summed E-state index contributed by atoms with van der Waals surface area (Å²) in [5.41, 5.74) is 0. The second-order valence-corrected chi connectivity index (χ2v) is 20.2. The number of carbonyl (C=O) groups is 1. The van der Waals surface area contributed by atoms with Crippen molar-refractivity contribution in [1.82, 2.24) is 4.90 Å². The van der Waals surface area contributed by atoms with E-state index in [0.29, 0.717) is 13.2 Å². The summed E-state index contributed by atoms with van der Waals surface area (Å²) in [6.07, 6.45) is 0.0922. The highest BCUT2D eigenvalue weighted by Crippen LogP contribution is 2.40. The quantitative estimate of drug-likeness (QED) is 0.631. The molecule has 1 heterocycles. The third-order valence-corrected chi connectivity index (χ3v) is 15.5. The average Bonchev–Trinajstić information content (AvgIpc) is 2.76. The lowest BCUT2D eigenvalue weighted by Crippen LogP contribution is -2.47. The largest absolute Gasteiger partial charge is 0.416 e. The fraction of sp³-hybridized carbons (Fsp3) is 0.947. The van der Waals surface area contributed by atoms with Gasteiger partial charge in [-0.2, -0.15) is 0 Å². The Morgan fingerprint density at radius 1 is 0.960 bits per heavy atom. The highest BCUT2D eigenvalue weighted by Gasteiger charge is 2.45. The van der Waals surface area contributed by atoms with Gasteiger partial charge in [0.05, 0.1) is 6.10 Å². The third kappa shape index (κ3) is 5.65. The van der Waals surface area contributed by atoms with E-state index in [4.69, 9.17) is 8.85 Å². The summed E-state index contributed by atoms with van der Waals surface area (Å²) in [6.45, 7) is 26.5. The molecule has 0 spiro atoms. The molecular formula is C19H41NO3Si2. The predicted octanol–water partition coefficient (Wildman–Crippen LogP) is 4.88. The Morgan fingerprint density at radius 3 is 1.84 bits per heavy atom. The molecule has 6 heteroatoms. The van der Waals surface area contributed by atoms with Gasteiger partial charge >= 0.3 is 0 Å². The van der Waals surface area contributed by atoms with E-state index in [1.54, 1.807) is 6.92 Å². The van der Waals surface area contributed by atoms with E-state index in [-0.39, 0.29) is 28.0 Å². The van der Waals surface area contributed by atoms with Gasteiger partial charge in [0.2, 0.25) is 5.91 Å². The molecule has 1 aliphatic heterocycles. The first-order valence-electron chi connectivity index (χ1n) is 9.55. The van der Waals surface area contributed by atoms with E-state index >= 15 is 0 Å². The van der Waals surface area contributed by atoms with Gasteiger partial charge in [-0.3, -0.25) is 4.79 Å². The summed E-state index contributed by atoms with van der Waals surface area (Å²) in [5, 5.41) is 0.364. The third-order valence-electron chi connectivity index (χ3n) is 6.54. The monoisotopic (exact) mass is 387 g/mol. The minimum Gasteiger partial charge on any atom is -0.416 e. The minimum absolute atomic E-state index is 0.0922. The predicted molar refractivity (Wildman–Crippen MR) is 111 cm³/mol. The normalized spacial score (nSPS) is 23.2. The summed E-state index contributed by atoms with van der Waals surface area (Å²) in [5.74, 6) is 0.408. The molecule has 0 N–H and O–H groups in total. The number of hydrogen-bond acceptors (Lipinski definition) is 3. The standard InChI is InChI=1S/C19H41NO3Si2/c1-15(21)20-12-16(14-22-24(8,9)18(2,3)4)17(13-20)23-25(10,11)19(5,6)7/h16-17H,12-14H2,1-11H3/t16-,17?/m0/s1. The van der Waals surface area contributed by atoms with Gasteiger partial charge in [0.25, 0.3) is 0 Å². The Hall–Kier alpha value is -0.176. The van der Waals surface area contributed by atoms with Crippen LogP contribution >= 0.6 is 0 Å². The van der Waals surface area contributed by atoms with Crippen LogP contribution in [0.15, 0.2) is 0 Å². The van der Waals surface area contributed by atoms with Gasteiger partial charge < -0.3 is 13.8 Å². The Morgan fingerprint density at radius 2 is 1.44 bits per heavy atom. The molecule has 1 unspecified atom stereocenters. The zero-order valence-corrected chi connectivity index (χ0v) is 20.4. The molecule has 0 bridgehead atoms. The number of carbonyl (C=O) groups excluding carboxylic acids is 1. The number of amides is 1. The van der Waals surface area contributed by atoms with Gasteiger partial charge in [-0.25, -0.2) is 0 Å². The van der Waals surface area contributed by atoms with Crippen LogP contribution in [0.3, 0.4) is 0 Å². The number of hydrogen-bond donors (Lipinski definition) is 0. The Kier molecular flexibility index (Phi) is 6.81. The van der Waals surface area contributed by atoms with Crippen LogP contribution in [0.5, 0.6) is 0 Å². The highest BCUT2D eigenvalue weighted by molar-refractivity contribution is 6.74. The molecule has 0 radical (unpaired) electrons. The Balaban J connectivity index is 2.88. The molecule has 0 aliphatic carbocycles. The van der Waals surface area contributed by atoms with Crippen LogP contribution in [0, 0.1) is 5.92 Å². The van der Waals surface area contributed by atoms with Crippen LogP contribution < -0.4 is 0 Å². The van der Waals surface area contributed by atoms with Gasteiger partial charge in [-0.05, 0) is 36.3 Å². The molecule has 1 aliphatic rings. The van der Waals surface area contributed by atoms with Crippen molar-refractivity contribution in [3.05, 3.63) is 0 Å². The summed E-state index contributed by atoms with van der Waals surface area (Å²) >= 11 is 0. The molecule has 1 saturated heterocycles. The van der Waals surface area contributed by atoms with Gasteiger partial charge in [-0.15, -0.1) is 0 Å². The molecular weight excluding hydrogens is 346 g/mol. The van der Waals surface area contributed by atoms with Crippen molar-refractivity contribution in [3.63, 3.8) is 0 Å². The molecule has 1 amide bonds. The van der Waals surface area contributed by atoms with Gasteiger partial charge in [-0.1, -0.05) is 41.5 Å². The van der Waals surface area contributed by atoms with Gasteiger partial charge in [0.1, 0.15) is 0 Å². The molecule has 2 atom stereocenters. The highest BCUT2D eigenvalue weighted by atomic mass is 28.4. The number of rotatable bonds is 5. The lowest BCUT2D eigenvalue weighted by atomic mass is 10.1. The summed E-state index contributed by atoms with van der Waals surface area (Å²) in [7, 11) is -3.66. The zero-order valence-electron chi connectivity index (χ0n) is 18.4. The van der Waals surface area contributed by atoms with Crippen LogP contribution in [0.1, 0.15) is 48.5 Å². The SMILES string of the molecule is CC(=O)N1CC(O[Si](C)(C)C(C)(C)C)[C@H](CO[Si](C)(C)C(C)(C)C)C1. The van der Waals surface area contributed by atoms with Crippen LogP contribution in [-0.2, 0) is 13.6 Å². The molecule has 0 aromatic heterocycles. The Bertz CT molecular complexity index is 478. The van der Waals surface area contributed by atoms with E-state index in [2.05, 4.69) is 67.7 Å². The van der Waals surface area contributed by atoms with E-state index in [1.807, 2.05) is 4.90 Å². The summed E-state index contributed by atoms with van der Waals surface area (Å²) in [6, 6.07) is 0. The molecule has 1 rings (SSSR count). The smallest absolute Gasteiger partial charge is 0.219 e. The first-order chi connectivity index (χ1) is 11.0. The van der Waals surface area contributed by atoms with E-state index in [1.165, 1.54) is 0 Å². The fourth-order valence-electron chi connectivity index (χ4n) is 2.48. The van der Waals surface area contributed by atoms with Gasteiger partial charge in [0.15, 0.2) is 16.6 Å². The van der Waals surface area contributed by atoms with Crippen molar-refractivity contribution < 1.29 is 13.6 Å². The molecule has 0 aromatic carbocycles. The lowest BCUT2D eigenvalue weighted by molar-refractivity contribution is -0.128. The maximum Gasteiger partial charge on any atom is 0.219 e. The second-order valence-electron chi connectivity index (χ2n) is 10.7. The lowest BCUT2D eigenvalue weighted by Gasteiger charge is -2.40. The fourth-order valence-corrected chi connectivity index (χ4v) is 4.92. The topological polar surface area (TPSA) is 38.8 Å². The molecule has 1 fully saturated rings. The van der Waals surface area contributed by atoms with Crippen LogP contribution in [0.4, 0.5) is 0 Å². The van der Waals surface area contributed by atoms with E-state index in [0.717, 1.165) is 6.54 Å². The molecule has 0 aromatic rings. The maximum absolute atomic E-state index is 11.9. The zero-order chi connectivity index (χ0) is 19.8. The average molecular weight is 388 g/mol. The number of likely N-dealkylation sites (tertiary alicyclic amines) is 1. The maximum atomic E-state index is 11.9. The van der Waals surface area contributed by atoms with Crippen LogP contribution in [-0.4, -0.2) is 53.2 Å². The van der Waals surface area contributed by atoms with Crippen molar-refractivity contribution in [2.75, 3.05) is 19.7 Å². The van der Waals surface area contributed by atoms with E-state index in [9.17, 15) is 4.79 Å². The first-order valence-corrected chi connectivity index (χ1v) is 15.4. The molecule has 25 heavy (non-hydrogen) atoms. The van der Waals surface area contributed by atoms with Gasteiger partial charge in [0, 0.05) is 32.5 Å². The minimum atomic E-state index is -1.87. The molecule has 0 saturated carbocycles. The van der Waals surface area contributed by atoms with E-state index < -0.39 is 16.6 Å².